The summed E-state index contributed by atoms with van der Waals surface area (Å²) in [6, 6.07) is 7.44. The topological polar surface area (TPSA) is 133 Å². The Morgan fingerprint density at radius 2 is 2.06 bits per heavy atom. The molecule has 1 saturated heterocycles. The third-order valence-corrected chi connectivity index (χ3v) is 5.43. The second kappa shape index (κ2) is 9.25. The van der Waals surface area contributed by atoms with Crippen molar-refractivity contribution < 1.29 is 18.5 Å². The molecule has 0 spiro atoms. The second-order valence-corrected chi connectivity index (χ2v) is 7.95. The van der Waals surface area contributed by atoms with E-state index in [2.05, 4.69) is 20.5 Å². The number of hydrogen-bond acceptors (Lipinski definition) is 7. The van der Waals surface area contributed by atoms with Crippen LogP contribution in [0.25, 0.3) is 11.4 Å². The van der Waals surface area contributed by atoms with Crippen LogP contribution in [0.2, 0.25) is 0 Å². The molecule has 1 aliphatic rings. The third kappa shape index (κ3) is 4.98. The van der Waals surface area contributed by atoms with Crippen LogP contribution < -0.4 is 5.73 Å². The lowest BCUT2D eigenvalue weighted by Crippen LogP contribution is -2.38. The van der Waals surface area contributed by atoms with Gasteiger partial charge in [-0.15, -0.1) is 5.10 Å². The maximum absolute atomic E-state index is 14.0. The summed E-state index contributed by atoms with van der Waals surface area (Å²) >= 11 is 0. The standard InChI is InChI=1S/C21H24FN7O3/c1-13-5-7-14(8-6-13)21-24-18(32-26-21)3-2-4-19(30)29-10-15(22)9-16(29)11-28-12-17(20(23)31)25-27-28/h5-8,12,15-16H,2-4,9-11H2,1H3,(H2,23,31)/t15-,16-/m0/s1. The van der Waals surface area contributed by atoms with Gasteiger partial charge in [-0.3, -0.25) is 9.59 Å². The molecular formula is C21H24FN7O3. The number of carbonyl (C=O) groups is 2. The number of hydrogen-bond donors (Lipinski definition) is 1. The van der Waals surface area contributed by atoms with Crippen LogP contribution in [-0.4, -0.2) is 60.6 Å². The van der Waals surface area contributed by atoms with Crippen LogP contribution in [0.1, 0.15) is 41.2 Å². The summed E-state index contributed by atoms with van der Waals surface area (Å²) in [5.41, 5.74) is 7.22. The molecule has 168 valence electrons. The molecule has 0 radical (unpaired) electrons. The second-order valence-electron chi connectivity index (χ2n) is 7.95. The lowest BCUT2D eigenvalue weighted by molar-refractivity contribution is -0.132. The monoisotopic (exact) mass is 441 g/mol. The van der Waals surface area contributed by atoms with E-state index < -0.39 is 12.1 Å². The number of primary amides is 1. The fourth-order valence-corrected chi connectivity index (χ4v) is 3.77. The van der Waals surface area contributed by atoms with E-state index in [1.54, 1.807) is 0 Å². The first-order valence-electron chi connectivity index (χ1n) is 10.4. The fourth-order valence-electron chi connectivity index (χ4n) is 3.77. The maximum Gasteiger partial charge on any atom is 0.270 e. The van der Waals surface area contributed by atoms with Crippen molar-refractivity contribution in [3.8, 4) is 11.4 Å². The maximum atomic E-state index is 14.0. The molecule has 1 aromatic carbocycles. The number of alkyl halides is 1. The molecule has 2 aromatic heterocycles. The van der Waals surface area contributed by atoms with Gasteiger partial charge in [-0.1, -0.05) is 40.2 Å². The Bertz CT molecular complexity index is 1100. The van der Waals surface area contributed by atoms with Gasteiger partial charge in [0, 0.05) is 24.8 Å². The minimum atomic E-state index is -1.10. The number of aromatic nitrogens is 5. The highest BCUT2D eigenvalue weighted by atomic mass is 19.1. The molecule has 1 fully saturated rings. The van der Waals surface area contributed by atoms with E-state index in [1.165, 1.54) is 15.8 Å². The predicted molar refractivity (Wildman–Crippen MR) is 111 cm³/mol. The van der Waals surface area contributed by atoms with E-state index in [0.717, 1.165) is 11.1 Å². The molecule has 4 rings (SSSR count). The fraction of sp³-hybridized carbons (Fsp3) is 0.429. The molecule has 0 saturated carbocycles. The minimum Gasteiger partial charge on any atom is -0.364 e. The Morgan fingerprint density at radius 3 is 2.78 bits per heavy atom. The van der Waals surface area contributed by atoms with E-state index in [1.807, 2.05) is 31.2 Å². The van der Waals surface area contributed by atoms with Gasteiger partial charge in [-0.2, -0.15) is 4.98 Å². The number of benzene rings is 1. The molecule has 1 aliphatic heterocycles. The van der Waals surface area contributed by atoms with Crippen molar-refractivity contribution in [3.05, 3.63) is 47.6 Å². The average Bonchev–Trinajstić information content (AvgIpc) is 3.49. The molecule has 10 nitrogen and oxygen atoms in total. The Hall–Kier alpha value is -3.63. The van der Waals surface area contributed by atoms with E-state index in [-0.39, 0.29) is 43.6 Å². The van der Waals surface area contributed by atoms with Crippen molar-refractivity contribution in [2.45, 2.75) is 51.4 Å². The van der Waals surface area contributed by atoms with E-state index in [9.17, 15) is 14.0 Å². The number of aryl methyl sites for hydroxylation is 2. The summed E-state index contributed by atoms with van der Waals surface area (Å²) < 4.78 is 20.8. The Kier molecular flexibility index (Phi) is 6.24. The van der Waals surface area contributed by atoms with Crippen molar-refractivity contribution in [3.63, 3.8) is 0 Å². The van der Waals surface area contributed by atoms with Gasteiger partial charge in [0.25, 0.3) is 5.91 Å². The molecule has 32 heavy (non-hydrogen) atoms. The van der Waals surface area contributed by atoms with Crippen molar-refractivity contribution in [2.24, 2.45) is 5.73 Å². The SMILES string of the molecule is Cc1ccc(-c2noc(CCCC(=O)N3C[C@@H](F)C[C@H]3Cn3cc(C(N)=O)nn3)n2)cc1. The van der Waals surface area contributed by atoms with Crippen LogP contribution in [0.4, 0.5) is 4.39 Å². The molecule has 3 aromatic rings. The van der Waals surface area contributed by atoms with Gasteiger partial charge in [-0.25, -0.2) is 9.07 Å². The van der Waals surface area contributed by atoms with Crippen LogP contribution in [0.3, 0.4) is 0 Å². The van der Waals surface area contributed by atoms with Gasteiger partial charge < -0.3 is 15.2 Å². The number of nitrogens with two attached hydrogens (primary N) is 1. The van der Waals surface area contributed by atoms with Gasteiger partial charge in [0.2, 0.25) is 17.6 Å². The first-order valence-corrected chi connectivity index (χ1v) is 10.4. The zero-order chi connectivity index (χ0) is 22.7. The molecule has 0 unspecified atom stereocenters. The van der Waals surface area contributed by atoms with Crippen molar-refractivity contribution in [1.82, 2.24) is 30.0 Å². The summed E-state index contributed by atoms with van der Waals surface area (Å²) in [5.74, 6) is 0.125. The summed E-state index contributed by atoms with van der Waals surface area (Å²) in [6.07, 6.45) is 1.70. The van der Waals surface area contributed by atoms with Crippen LogP contribution in [0, 0.1) is 6.92 Å². The largest absolute Gasteiger partial charge is 0.364 e. The van der Waals surface area contributed by atoms with E-state index >= 15 is 0 Å². The number of amides is 2. The van der Waals surface area contributed by atoms with Crippen molar-refractivity contribution in [2.75, 3.05) is 6.54 Å². The van der Waals surface area contributed by atoms with Crippen LogP contribution in [0.5, 0.6) is 0 Å². The highest BCUT2D eigenvalue weighted by Crippen LogP contribution is 2.23. The number of halogens is 1. The highest BCUT2D eigenvalue weighted by molar-refractivity contribution is 5.90. The molecule has 3 heterocycles. The quantitative estimate of drug-likeness (QED) is 0.562. The number of nitrogens with zero attached hydrogens (tertiary/aromatic N) is 6. The van der Waals surface area contributed by atoms with Crippen LogP contribution in [-0.2, 0) is 17.8 Å². The third-order valence-electron chi connectivity index (χ3n) is 5.43. The summed E-state index contributed by atoms with van der Waals surface area (Å²) in [5, 5.41) is 11.5. The lowest BCUT2D eigenvalue weighted by atomic mass is 10.1. The predicted octanol–water partition coefficient (Wildman–Crippen LogP) is 1.70. The van der Waals surface area contributed by atoms with Gasteiger partial charge in [-0.05, 0) is 13.3 Å². The minimum absolute atomic E-state index is 0.0298. The smallest absolute Gasteiger partial charge is 0.270 e. The average molecular weight is 441 g/mol. The number of likely N-dealkylation sites (tertiary alicyclic amines) is 1. The molecule has 2 amide bonds. The van der Waals surface area contributed by atoms with Gasteiger partial charge in [0.05, 0.1) is 25.3 Å². The first kappa shape index (κ1) is 21.6. The van der Waals surface area contributed by atoms with E-state index in [4.69, 9.17) is 10.3 Å². The van der Waals surface area contributed by atoms with Gasteiger partial charge >= 0.3 is 0 Å². The Labute approximate surface area is 183 Å². The van der Waals surface area contributed by atoms with Crippen molar-refractivity contribution >= 4 is 11.8 Å². The van der Waals surface area contributed by atoms with Gasteiger partial charge in [0.15, 0.2) is 5.69 Å². The van der Waals surface area contributed by atoms with Gasteiger partial charge in [0.1, 0.15) is 6.17 Å². The molecule has 0 bridgehead atoms. The normalized spacial score (nSPS) is 18.2. The first-order chi connectivity index (χ1) is 15.4. The summed E-state index contributed by atoms with van der Waals surface area (Å²) in [6.45, 7) is 2.29. The molecular weight excluding hydrogens is 417 g/mol. The summed E-state index contributed by atoms with van der Waals surface area (Å²) in [7, 11) is 0. The van der Waals surface area contributed by atoms with Crippen LogP contribution in [0.15, 0.2) is 35.0 Å². The Morgan fingerprint density at radius 1 is 1.28 bits per heavy atom. The molecule has 2 N–H and O–H groups in total. The number of rotatable bonds is 8. The zero-order valence-electron chi connectivity index (χ0n) is 17.6. The van der Waals surface area contributed by atoms with E-state index in [0.29, 0.717) is 24.6 Å². The highest BCUT2D eigenvalue weighted by Gasteiger charge is 2.35. The van der Waals surface area contributed by atoms with Crippen molar-refractivity contribution in [1.29, 1.82) is 0 Å². The molecule has 0 aliphatic carbocycles. The molecule has 2 atom stereocenters. The molecule has 11 heteroatoms. The van der Waals surface area contributed by atoms with Crippen LogP contribution >= 0.6 is 0 Å². The lowest BCUT2D eigenvalue weighted by Gasteiger charge is -2.24. The zero-order valence-corrected chi connectivity index (χ0v) is 17.6. The Balaban J connectivity index is 1.30. The number of carbonyl (C=O) groups excluding carboxylic acids is 2. The summed E-state index contributed by atoms with van der Waals surface area (Å²) in [4.78, 5) is 29.8.